The molecule has 2 rings (SSSR count). The Hall–Kier alpha value is -0.900. The molecule has 100 valence electrons. The largest absolute Gasteiger partial charge is 0.394 e. The Balaban J connectivity index is 2.33. The van der Waals surface area contributed by atoms with Gasteiger partial charge in [0.1, 0.15) is 0 Å². The van der Waals surface area contributed by atoms with Crippen molar-refractivity contribution in [1.82, 2.24) is 10.2 Å². The van der Waals surface area contributed by atoms with Crippen LogP contribution >= 0.6 is 0 Å². The van der Waals surface area contributed by atoms with Crippen LogP contribution in [0.5, 0.6) is 0 Å². The van der Waals surface area contributed by atoms with Gasteiger partial charge in [-0.3, -0.25) is 4.90 Å². The van der Waals surface area contributed by atoms with Gasteiger partial charge in [-0.25, -0.2) is 0 Å². The molecule has 1 aromatic carbocycles. The summed E-state index contributed by atoms with van der Waals surface area (Å²) in [5, 5.41) is 13.0. The van der Waals surface area contributed by atoms with E-state index in [0.717, 1.165) is 19.5 Å². The van der Waals surface area contributed by atoms with E-state index in [-0.39, 0.29) is 12.1 Å². The fourth-order valence-corrected chi connectivity index (χ4v) is 2.57. The fourth-order valence-electron chi connectivity index (χ4n) is 2.57. The predicted octanol–water partition coefficient (Wildman–Crippen LogP) is 1.92. The van der Waals surface area contributed by atoms with E-state index in [9.17, 15) is 5.11 Å². The van der Waals surface area contributed by atoms with Crippen molar-refractivity contribution in [2.24, 2.45) is 0 Å². The molecule has 1 aliphatic rings. The van der Waals surface area contributed by atoms with Gasteiger partial charge in [0.2, 0.25) is 0 Å². The zero-order valence-electron chi connectivity index (χ0n) is 11.6. The minimum atomic E-state index is -0.192. The van der Waals surface area contributed by atoms with E-state index in [2.05, 4.69) is 55.4 Å². The Kier molecular flexibility index (Phi) is 4.05. The van der Waals surface area contributed by atoms with Gasteiger partial charge in [0.25, 0.3) is 0 Å². The number of hydrogen-bond donors (Lipinski definition) is 2. The lowest BCUT2D eigenvalue weighted by Gasteiger charge is -2.40. The monoisotopic (exact) mass is 248 g/mol. The molecule has 1 atom stereocenters. The van der Waals surface area contributed by atoms with Crippen molar-refractivity contribution in [1.29, 1.82) is 0 Å². The summed E-state index contributed by atoms with van der Waals surface area (Å²) in [6.45, 7) is 6.32. The summed E-state index contributed by atoms with van der Waals surface area (Å²) < 4.78 is 0. The number of fused-ring (bicyclic) bond motifs is 1. The Labute approximate surface area is 110 Å². The van der Waals surface area contributed by atoms with Gasteiger partial charge in [-0.15, -0.1) is 0 Å². The van der Waals surface area contributed by atoms with Gasteiger partial charge < -0.3 is 10.4 Å². The van der Waals surface area contributed by atoms with E-state index in [0.29, 0.717) is 6.04 Å². The molecule has 0 fully saturated rings. The Morgan fingerprint density at radius 1 is 1.39 bits per heavy atom. The normalized spacial score (nSPS) is 20.6. The highest BCUT2D eigenvalue weighted by atomic mass is 16.3. The highest BCUT2D eigenvalue weighted by Crippen LogP contribution is 2.32. The summed E-state index contributed by atoms with van der Waals surface area (Å²) in [6, 6.07) is 8.99. The average Bonchev–Trinajstić information content (AvgIpc) is 2.60. The zero-order chi connectivity index (χ0) is 13.2. The highest BCUT2D eigenvalue weighted by molar-refractivity contribution is 5.31. The maximum absolute atomic E-state index is 9.56. The first-order chi connectivity index (χ1) is 8.56. The summed E-state index contributed by atoms with van der Waals surface area (Å²) in [4.78, 5) is 2.30. The molecule has 1 aliphatic heterocycles. The van der Waals surface area contributed by atoms with Crippen LogP contribution in [0.1, 0.15) is 37.4 Å². The summed E-state index contributed by atoms with van der Waals surface area (Å²) in [5.41, 5.74) is 2.58. The second-order valence-electron chi connectivity index (χ2n) is 5.76. The number of aliphatic hydroxyl groups excluding tert-OH is 1. The van der Waals surface area contributed by atoms with E-state index < -0.39 is 0 Å². The van der Waals surface area contributed by atoms with Crippen molar-refractivity contribution < 1.29 is 5.11 Å². The maximum Gasteiger partial charge on any atom is 0.0610 e. The van der Waals surface area contributed by atoms with Crippen LogP contribution in [0.15, 0.2) is 24.3 Å². The van der Waals surface area contributed by atoms with E-state index in [1.807, 2.05) is 0 Å². The molecule has 18 heavy (non-hydrogen) atoms. The number of likely N-dealkylation sites (N-methyl/N-ethyl adjacent to an activating group) is 1. The third-order valence-electron chi connectivity index (χ3n) is 4.13. The molecule has 0 amide bonds. The molecular weight excluding hydrogens is 224 g/mol. The highest BCUT2D eigenvalue weighted by Gasteiger charge is 2.31. The Morgan fingerprint density at radius 3 is 2.83 bits per heavy atom. The summed E-state index contributed by atoms with van der Waals surface area (Å²) in [6.07, 6.45) is 1.08. The van der Waals surface area contributed by atoms with Crippen molar-refractivity contribution in [2.75, 3.05) is 20.2 Å². The van der Waals surface area contributed by atoms with Crippen molar-refractivity contribution in [2.45, 2.75) is 38.4 Å². The van der Waals surface area contributed by atoms with Gasteiger partial charge in [-0.1, -0.05) is 24.3 Å². The quantitative estimate of drug-likeness (QED) is 0.858. The second-order valence-corrected chi connectivity index (χ2v) is 5.76. The standard InChI is InChI=1S/C15H24N2O/c1-15(2,11-18)17(3)14-8-9-16-10-12-6-4-5-7-13(12)14/h4-7,14,16,18H,8-11H2,1-3H3. The molecule has 0 spiro atoms. The molecule has 2 N–H and O–H groups in total. The summed E-state index contributed by atoms with van der Waals surface area (Å²) in [7, 11) is 2.11. The number of hydrogen-bond acceptors (Lipinski definition) is 3. The Bertz CT molecular complexity index is 403. The molecule has 3 heteroatoms. The number of nitrogens with one attached hydrogen (secondary N) is 1. The Morgan fingerprint density at radius 2 is 2.11 bits per heavy atom. The van der Waals surface area contributed by atoms with Crippen LogP contribution < -0.4 is 5.32 Å². The van der Waals surface area contributed by atoms with Crippen LogP contribution in [0, 0.1) is 0 Å². The van der Waals surface area contributed by atoms with Crippen LogP contribution in [0.25, 0.3) is 0 Å². The van der Waals surface area contributed by atoms with Crippen LogP contribution in [-0.2, 0) is 6.54 Å². The van der Waals surface area contributed by atoms with Gasteiger partial charge in [0.15, 0.2) is 0 Å². The first-order valence-corrected chi connectivity index (χ1v) is 6.68. The van der Waals surface area contributed by atoms with Crippen LogP contribution in [0.4, 0.5) is 0 Å². The fraction of sp³-hybridized carbons (Fsp3) is 0.600. The van der Waals surface area contributed by atoms with Crippen LogP contribution in [0.3, 0.4) is 0 Å². The number of nitrogens with zero attached hydrogens (tertiary/aromatic N) is 1. The number of benzene rings is 1. The number of aliphatic hydroxyl groups is 1. The average molecular weight is 248 g/mol. The molecule has 0 saturated carbocycles. The first-order valence-electron chi connectivity index (χ1n) is 6.68. The second kappa shape index (κ2) is 5.39. The van der Waals surface area contributed by atoms with E-state index in [4.69, 9.17) is 0 Å². The van der Waals surface area contributed by atoms with Crippen molar-refractivity contribution >= 4 is 0 Å². The molecule has 0 saturated heterocycles. The molecule has 0 aromatic heterocycles. The lowest BCUT2D eigenvalue weighted by atomic mass is 9.93. The molecule has 3 nitrogen and oxygen atoms in total. The molecule has 1 aromatic rings. The van der Waals surface area contributed by atoms with Crippen molar-refractivity contribution in [3.05, 3.63) is 35.4 Å². The first kappa shape index (κ1) is 13.5. The van der Waals surface area contributed by atoms with Gasteiger partial charge in [0, 0.05) is 18.1 Å². The molecule has 0 bridgehead atoms. The van der Waals surface area contributed by atoms with Gasteiger partial charge in [0.05, 0.1) is 6.61 Å². The molecule has 0 radical (unpaired) electrons. The van der Waals surface area contributed by atoms with Gasteiger partial charge >= 0.3 is 0 Å². The zero-order valence-corrected chi connectivity index (χ0v) is 11.6. The third-order valence-corrected chi connectivity index (χ3v) is 4.13. The van der Waals surface area contributed by atoms with E-state index in [1.165, 1.54) is 11.1 Å². The summed E-state index contributed by atoms with van der Waals surface area (Å²) >= 11 is 0. The summed E-state index contributed by atoms with van der Waals surface area (Å²) in [5.74, 6) is 0. The van der Waals surface area contributed by atoms with E-state index in [1.54, 1.807) is 0 Å². The SMILES string of the molecule is CN(C1CCNCc2ccccc21)C(C)(C)CO. The van der Waals surface area contributed by atoms with Gasteiger partial charge in [-0.05, 0) is 45.0 Å². The van der Waals surface area contributed by atoms with Gasteiger partial charge in [-0.2, -0.15) is 0 Å². The number of rotatable bonds is 3. The predicted molar refractivity (Wildman–Crippen MR) is 74.4 cm³/mol. The van der Waals surface area contributed by atoms with Crippen molar-refractivity contribution in [3.63, 3.8) is 0 Å². The molecule has 0 aliphatic carbocycles. The van der Waals surface area contributed by atoms with Crippen molar-refractivity contribution in [3.8, 4) is 0 Å². The lowest BCUT2D eigenvalue weighted by molar-refractivity contribution is 0.0420. The van der Waals surface area contributed by atoms with Crippen LogP contribution in [0.2, 0.25) is 0 Å². The maximum atomic E-state index is 9.56. The smallest absolute Gasteiger partial charge is 0.0610 e. The lowest BCUT2D eigenvalue weighted by Crippen LogP contribution is -2.46. The molecule has 1 unspecified atom stereocenters. The minimum absolute atomic E-state index is 0.176. The third kappa shape index (κ3) is 2.58. The molecular formula is C15H24N2O. The van der Waals surface area contributed by atoms with E-state index >= 15 is 0 Å². The molecule has 1 heterocycles. The topological polar surface area (TPSA) is 35.5 Å². The minimum Gasteiger partial charge on any atom is -0.394 e. The van der Waals surface area contributed by atoms with Crippen LogP contribution in [-0.4, -0.2) is 35.7 Å².